The molecule has 4 N–H and O–H groups in total. The Kier molecular flexibility index (Phi) is 14.6. The summed E-state index contributed by atoms with van der Waals surface area (Å²) in [6, 6.07) is 8.08. The molecule has 1 aliphatic carbocycles. The third kappa shape index (κ3) is 11.6. The van der Waals surface area contributed by atoms with Crippen LogP contribution in [0.25, 0.3) is 0 Å². The van der Waals surface area contributed by atoms with Crippen LogP contribution in [-0.4, -0.2) is 57.7 Å². The molecule has 0 saturated heterocycles. The molecular weight excluding hydrogens is 556 g/mol. The lowest BCUT2D eigenvalue weighted by atomic mass is 9.81. The first kappa shape index (κ1) is 35.0. The molecule has 5 atom stereocenters. The summed E-state index contributed by atoms with van der Waals surface area (Å²) in [5.74, 6) is -1.13. The van der Waals surface area contributed by atoms with E-state index in [1.807, 2.05) is 36.4 Å². The molecule has 0 unspecified atom stereocenters. The predicted molar refractivity (Wildman–Crippen MR) is 171 cm³/mol. The number of aromatic nitrogens is 2. The fraction of sp³-hybridized carbons (Fsp3) is 0.600. The summed E-state index contributed by atoms with van der Waals surface area (Å²) in [5.41, 5.74) is 1.59. The lowest BCUT2D eigenvalue weighted by Crippen LogP contribution is -2.55. The molecule has 9 nitrogen and oxygen atoms in total. The molecule has 2 amide bonds. The van der Waals surface area contributed by atoms with Crippen molar-refractivity contribution >= 4 is 17.8 Å². The van der Waals surface area contributed by atoms with Crippen LogP contribution in [0, 0.1) is 23.7 Å². The summed E-state index contributed by atoms with van der Waals surface area (Å²) in [6.45, 7) is 10.1. The van der Waals surface area contributed by atoms with Crippen LogP contribution in [-0.2, 0) is 32.0 Å². The molecule has 0 bridgehead atoms. The first-order valence-corrected chi connectivity index (χ1v) is 16.3. The van der Waals surface area contributed by atoms with Crippen LogP contribution < -0.4 is 10.6 Å². The van der Waals surface area contributed by atoms with Crippen molar-refractivity contribution < 1.29 is 24.2 Å². The van der Waals surface area contributed by atoms with Crippen molar-refractivity contribution in [2.45, 2.75) is 103 Å². The molecule has 1 heterocycles. The lowest BCUT2D eigenvalue weighted by molar-refractivity contribution is -0.146. The number of allylic oxidation sites excluding steroid dienone is 1. The molecule has 9 heteroatoms. The molecule has 0 radical (unpaired) electrons. The van der Waals surface area contributed by atoms with Crippen LogP contribution in [0.2, 0.25) is 0 Å². The number of carbonyl (C=O) groups is 3. The fourth-order valence-electron chi connectivity index (χ4n) is 6.15. The zero-order valence-corrected chi connectivity index (χ0v) is 26.7. The predicted octanol–water partition coefficient (Wildman–Crippen LogP) is 4.91. The van der Waals surface area contributed by atoms with Gasteiger partial charge in [0.15, 0.2) is 0 Å². The number of rotatable bonds is 18. The number of esters is 1. The summed E-state index contributed by atoms with van der Waals surface area (Å²) in [6.07, 6.45) is 11.5. The Labute approximate surface area is 262 Å². The van der Waals surface area contributed by atoms with Gasteiger partial charge in [-0.3, -0.25) is 14.4 Å². The van der Waals surface area contributed by atoms with Crippen molar-refractivity contribution in [3.63, 3.8) is 0 Å². The van der Waals surface area contributed by atoms with Gasteiger partial charge in [-0.25, -0.2) is 4.98 Å². The van der Waals surface area contributed by atoms with Crippen molar-refractivity contribution in [2.24, 2.45) is 23.7 Å². The highest BCUT2D eigenvalue weighted by Gasteiger charge is 2.33. The molecular formula is C35H52N4O5. The highest BCUT2D eigenvalue weighted by atomic mass is 16.5. The van der Waals surface area contributed by atoms with Gasteiger partial charge in [0.25, 0.3) is 0 Å². The van der Waals surface area contributed by atoms with Crippen molar-refractivity contribution in [2.75, 3.05) is 6.61 Å². The number of H-pyrrole nitrogens is 1. The van der Waals surface area contributed by atoms with E-state index in [-0.39, 0.29) is 31.3 Å². The molecule has 0 aliphatic heterocycles. The van der Waals surface area contributed by atoms with E-state index in [0.717, 1.165) is 31.2 Å². The second-order valence-electron chi connectivity index (χ2n) is 12.5. The number of hydrogen-bond acceptors (Lipinski definition) is 6. The molecule has 1 fully saturated rings. The smallest absolute Gasteiger partial charge is 0.306 e. The number of aliphatic hydroxyl groups excluding tert-OH is 1. The zero-order chi connectivity index (χ0) is 31.9. The van der Waals surface area contributed by atoms with Gasteiger partial charge in [-0.1, -0.05) is 82.4 Å². The van der Waals surface area contributed by atoms with Gasteiger partial charge in [-0.15, -0.1) is 6.58 Å². The average Bonchev–Trinajstić information content (AvgIpc) is 3.53. The molecule has 242 valence electrons. The van der Waals surface area contributed by atoms with Gasteiger partial charge in [-0.05, 0) is 49.5 Å². The normalized spacial score (nSPS) is 17.2. The number of nitrogens with one attached hydrogen (secondary N) is 3. The Balaban J connectivity index is 1.82. The highest BCUT2D eigenvalue weighted by molar-refractivity contribution is 5.90. The summed E-state index contributed by atoms with van der Waals surface area (Å²) in [7, 11) is 0. The Morgan fingerprint density at radius 3 is 2.43 bits per heavy atom. The molecule has 0 spiro atoms. The monoisotopic (exact) mass is 608 g/mol. The van der Waals surface area contributed by atoms with E-state index in [1.54, 1.807) is 13.1 Å². The summed E-state index contributed by atoms with van der Waals surface area (Å²) in [5, 5.41) is 17.5. The van der Waals surface area contributed by atoms with Crippen LogP contribution >= 0.6 is 0 Å². The van der Waals surface area contributed by atoms with Gasteiger partial charge >= 0.3 is 5.97 Å². The molecule has 1 aliphatic rings. The number of carbonyl (C=O) groups excluding carboxylic acids is 3. The molecule has 1 aromatic carbocycles. The number of ether oxygens (including phenoxy) is 1. The third-order valence-electron chi connectivity index (χ3n) is 8.80. The highest BCUT2D eigenvalue weighted by Crippen LogP contribution is 2.30. The SMILES string of the molecule is C=C[C@@H](C[C@H](O)[C@H](CC1CCCCC1)NC(=O)[C@H](Cc1cnc[nH]1)NC(=O)[C@@H](CC(=O)OCC)Cc1ccccc1)C(C)C. The molecule has 2 aromatic rings. The molecule has 1 aromatic heterocycles. The number of aliphatic hydroxyl groups is 1. The molecule has 1 saturated carbocycles. The topological polar surface area (TPSA) is 133 Å². The van der Waals surface area contributed by atoms with E-state index in [4.69, 9.17) is 4.74 Å². The van der Waals surface area contributed by atoms with Crippen LogP contribution in [0.15, 0.2) is 55.5 Å². The van der Waals surface area contributed by atoms with Crippen molar-refractivity contribution in [3.8, 4) is 0 Å². The molecule has 3 rings (SSSR count). The van der Waals surface area contributed by atoms with Crippen LogP contribution in [0.4, 0.5) is 0 Å². The number of hydrogen-bond donors (Lipinski definition) is 4. The Morgan fingerprint density at radius 2 is 1.82 bits per heavy atom. The van der Waals surface area contributed by atoms with Crippen LogP contribution in [0.5, 0.6) is 0 Å². The lowest BCUT2D eigenvalue weighted by Gasteiger charge is -2.33. The Morgan fingerprint density at radius 1 is 1.09 bits per heavy atom. The number of aromatic amines is 1. The minimum atomic E-state index is -0.940. The van der Waals surface area contributed by atoms with Gasteiger partial charge in [-0.2, -0.15) is 0 Å². The second kappa shape index (κ2) is 18.4. The van der Waals surface area contributed by atoms with Gasteiger partial charge in [0.05, 0.1) is 37.4 Å². The second-order valence-corrected chi connectivity index (χ2v) is 12.5. The van der Waals surface area contributed by atoms with Crippen molar-refractivity contribution in [1.29, 1.82) is 0 Å². The summed E-state index contributed by atoms with van der Waals surface area (Å²) >= 11 is 0. The van der Waals surface area contributed by atoms with Gasteiger partial charge in [0, 0.05) is 18.3 Å². The fourth-order valence-corrected chi connectivity index (χ4v) is 6.15. The zero-order valence-electron chi connectivity index (χ0n) is 26.7. The van der Waals surface area contributed by atoms with E-state index < -0.39 is 36.0 Å². The van der Waals surface area contributed by atoms with Crippen molar-refractivity contribution in [1.82, 2.24) is 20.6 Å². The van der Waals surface area contributed by atoms with E-state index in [2.05, 4.69) is 41.0 Å². The van der Waals surface area contributed by atoms with E-state index in [0.29, 0.717) is 36.8 Å². The quantitative estimate of drug-likeness (QED) is 0.140. The van der Waals surface area contributed by atoms with Crippen molar-refractivity contribution in [3.05, 3.63) is 66.8 Å². The largest absolute Gasteiger partial charge is 0.466 e. The minimum Gasteiger partial charge on any atom is -0.466 e. The Bertz CT molecular complexity index is 1150. The first-order chi connectivity index (χ1) is 21.2. The maximum Gasteiger partial charge on any atom is 0.306 e. The maximum absolute atomic E-state index is 14.0. The number of benzene rings is 1. The minimum absolute atomic E-state index is 0.103. The van der Waals surface area contributed by atoms with E-state index in [9.17, 15) is 19.5 Å². The maximum atomic E-state index is 14.0. The summed E-state index contributed by atoms with van der Waals surface area (Å²) < 4.78 is 5.16. The van der Waals surface area contributed by atoms with Crippen LogP contribution in [0.3, 0.4) is 0 Å². The number of imidazole rings is 1. The third-order valence-corrected chi connectivity index (χ3v) is 8.80. The standard InChI is InChI=1S/C35H52N4O5/c1-5-27(24(3)4)19-32(40)30(18-26-15-11-8-12-16-26)38-35(43)31(21-29-22-36-23-37-29)39-34(42)28(20-33(41)44-6-2)17-25-13-9-7-10-14-25/h5,7,9-10,13-14,22-24,26-28,30-32,40H,1,6,8,11-12,15-21H2,2-4H3,(H,36,37)(H,38,43)(H,39,42)/t27-,28+,30-,31-,32-/m0/s1. The summed E-state index contributed by atoms with van der Waals surface area (Å²) in [4.78, 5) is 47.3. The average molecular weight is 609 g/mol. The van der Waals surface area contributed by atoms with Gasteiger partial charge < -0.3 is 25.5 Å². The van der Waals surface area contributed by atoms with E-state index >= 15 is 0 Å². The van der Waals surface area contributed by atoms with Gasteiger partial charge in [0.1, 0.15) is 6.04 Å². The van der Waals surface area contributed by atoms with E-state index in [1.165, 1.54) is 12.7 Å². The number of amides is 2. The first-order valence-electron chi connectivity index (χ1n) is 16.3. The molecule has 44 heavy (non-hydrogen) atoms. The number of nitrogens with zero attached hydrogens (tertiary/aromatic N) is 1. The van der Waals surface area contributed by atoms with Crippen LogP contribution in [0.1, 0.15) is 83.4 Å². The van der Waals surface area contributed by atoms with Gasteiger partial charge in [0.2, 0.25) is 11.8 Å². The Hall–Kier alpha value is -3.46.